The molecule has 1 aliphatic heterocycles. The topological polar surface area (TPSA) is 79.4 Å². The van der Waals surface area contributed by atoms with Gasteiger partial charge >= 0.3 is 6.03 Å². The number of oxazole rings is 1. The zero-order valence-corrected chi connectivity index (χ0v) is 16.3. The van der Waals surface area contributed by atoms with Crippen LogP contribution >= 0.6 is 0 Å². The van der Waals surface area contributed by atoms with Gasteiger partial charge in [-0.15, -0.1) is 0 Å². The molecule has 0 spiro atoms. The highest BCUT2D eigenvalue weighted by atomic mass is 16.4. The number of anilines is 1. The molecule has 2 fully saturated rings. The number of aromatic nitrogens is 3. The lowest BCUT2D eigenvalue weighted by molar-refractivity contribution is 0.135. The molecular weight excluding hydrogens is 344 g/mol. The summed E-state index contributed by atoms with van der Waals surface area (Å²) in [6, 6.07) is 0.345. The predicted molar refractivity (Wildman–Crippen MR) is 102 cm³/mol. The molecule has 0 aromatic carbocycles. The monoisotopic (exact) mass is 372 g/mol. The highest BCUT2D eigenvalue weighted by Crippen LogP contribution is 2.39. The van der Waals surface area contributed by atoms with Gasteiger partial charge in [0.25, 0.3) is 0 Å². The predicted octanol–water partition coefficient (Wildman–Crippen LogP) is 2.81. The second-order valence-corrected chi connectivity index (χ2v) is 7.73. The van der Waals surface area contributed by atoms with Gasteiger partial charge in [-0.05, 0) is 39.5 Å². The Morgan fingerprint density at radius 1 is 1.30 bits per heavy atom. The SMILES string of the molecule is Cc1nc(CN2CCN(C(=O)Nc3cnn(C(C)C4CC4)c3)CC2)oc1C. The van der Waals surface area contributed by atoms with Gasteiger partial charge < -0.3 is 14.6 Å². The highest BCUT2D eigenvalue weighted by molar-refractivity contribution is 5.89. The van der Waals surface area contributed by atoms with Crippen LogP contribution in [0.5, 0.6) is 0 Å². The van der Waals surface area contributed by atoms with Crippen LogP contribution in [0.25, 0.3) is 0 Å². The maximum absolute atomic E-state index is 12.5. The number of nitrogens with zero attached hydrogens (tertiary/aromatic N) is 5. The Hall–Kier alpha value is -2.35. The molecule has 8 heteroatoms. The molecule has 1 saturated carbocycles. The first kappa shape index (κ1) is 18.0. The summed E-state index contributed by atoms with van der Waals surface area (Å²) >= 11 is 0. The molecule has 3 heterocycles. The first-order valence-corrected chi connectivity index (χ1v) is 9.75. The molecule has 27 heavy (non-hydrogen) atoms. The molecule has 1 aliphatic carbocycles. The number of nitrogens with one attached hydrogen (secondary N) is 1. The Morgan fingerprint density at radius 3 is 2.67 bits per heavy atom. The number of piperazine rings is 1. The van der Waals surface area contributed by atoms with Gasteiger partial charge in [-0.3, -0.25) is 9.58 Å². The quantitative estimate of drug-likeness (QED) is 0.873. The molecule has 2 aliphatic rings. The number of urea groups is 1. The fourth-order valence-electron chi connectivity index (χ4n) is 3.53. The third-order valence-electron chi connectivity index (χ3n) is 5.67. The van der Waals surface area contributed by atoms with Crippen molar-refractivity contribution in [3.63, 3.8) is 0 Å². The fraction of sp³-hybridized carbons (Fsp3) is 0.632. The van der Waals surface area contributed by atoms with Crippen LogP contribution in [0.3, 0.4) is 0 Å². The van der Waals surface area contributed by atoms with Crippen molar-refractivity contribution in [1.29, 1.82) is 0 Å². The van der Waals surface area contributed by atoms with E-state index in [1.807, 2.05) is 29.6 Å². The first-order valence-electron chi connectivity index (χ1n) is 9.75. The number of rotatable bonds is 5. The second kappa shape index (κ2) is 7.34. The van der Waals surface area contributed by atoms with E-state index in [0.717, 1.165) is 42.0 Å². The minimum atomic E-state index is -0.0592. The number of aryl methyl sites for hydroxylation is 2. The Morgan fingerprint density at radius 2 is 2.04 bits per heavy atom. The molecule has 1 atom stereocenters. The van der Waals surface area contributed by atoms with E-state index in [2.05, 4.69) is 27.2 Å². The van der Waals surface area contributed by atoms with E-state index in [0.29, 0.717) is 25.7 Å². The van der Waals surface area contributed by atoms with Crippen molar-refractivity contribution in [1.82, 2.24) is 24.6 Å². The van der Waals surface area contributed by atoms with Crippen LogP contribution in [-0.4, -0.2) is 56.8 Å². The van der Waals surface area contributed by atoms with Gasteiger partial charge in [0.1, 0.15) is 5.76 Å². The molecule has 0 radical (unpaired) electrons. The third-order valence-corrected chi connectivity index (χ3v) is 5.67. The summed E-state index contributed by atoms with van der Waals surface area (Å²) in [7, 11) is 0. The van der Waals surface area contributed by atoms with E-state index in [9.17, 15) is 4.79 Å². The summed E-state index contributed by atoms with van der Waals surface area (Å²) in [4.78, 5) is 21.1. The Balaban J connectivity index is 1.26. The van der Waals surface area contributed by atoms with E-state index in [1.165, 1.54) is 12.8 Å². The largest absolute Gasteiger partial charge is 0.444 e. The zero-order valence-electron chi connectivity index (χ0n) is 16.3. The van der Waals surface area contributed by atoms with Gasteiger partial charge in [-0.1, -0.05) is 0 Å². The molecule has 146 valence electrons. The number of carbonyl (C=O) groups is 1. The molecule has 2 aromatic heterocycles. The maximum atomic E-state index is 12.5. The maximum Gasteiger partial charge on any atom is 0.322 e. The number of hydrogen-bond acceptors (Lipinski definition) is 5. The lowest BCUT2D eigenvalue weighted by atomic mass is 10.2. The molecule has 2 aromatic rings. The van der Waals surface area contributed by atoms with Gasteiger partial charge in [-0.25, -0.2) is 9.78 Å². The fourth-order valence-corrected chi connectivity index (χ4v) is 3.53. The summed E-state index contributed by atoms with van der Waals surface area (Å²) in [5, 5.41) is 7.38. The lowest BCUT2D eigenvalue weighted by Crippen LogP contribution is -2.49. The van der Waals surface area contributed by atoms with E-state index in [4.69, 9.17) is 4.42 Å². The standard InChI is InChI=1S/C19H28N6O2/c1-13-15(3)27-18(21-13)12-23-6-8-24(9-7-23)19(26)22-17-10-20-25(11-17)14(2)16-4-5-16/h10-11,14,16H,4-9,12H2,1-3H3,(H,22,26). The van der Waals surface area contributed by atoms with Crippen LogP contribution in [-0.2, 0) is 6.54 Å². The number of hydrogen-bond donors (Lipinski definition) is 1. The van der Waals surface area contributed by atoms with Crippen molar-refractivity contribution in [2.24, 2.45) is 5.92 Å². The van der Waals surface area contributed by atoms with Crippen molar-refractivity contribution >= 4 is 11.7 Å². The van der Waals surface area contributed by atoms with Crippen molar-refractivity contribution < 1.29 is 9.21 Å². The van der Waals surface area contributed by atoms with E-state index < -0.39 is 0 Å². The average Bonchev–Trinajstić information content (AvgIpc) is 3.32. The van der Waals surface area contributed by atoms with Crippen molar-refractivity contribution in [3.05, 3.63) is 29.7 Å². The van der Waals surface area contributed by atoms with Crippen LogP contribution in [0.1, 0.15) is 43.2 Å². The summed E-state index contributed by atoms with van der Waals surface area (Å²) in [6.45, 7) is 9.77. The van der Waals surface area contributed by atoms with Gasteiger partial charge in [0.2, 0.25) is 5.89 Å². The minimum Gasteiger partial charge on any atom is -0.444 e. The van der Waals surface area contributed by atoms with Gasteiger partial charge in [0, 0.05) is 32.4 Å². The highest BCUT2D eigenvalue weighted by Gasteiger charge is 2.30. The van der Waals surface area contributed by atoms with Crippen LogP contribution in [0.2, 0.25) is 0 Å². The van der Waals surface area contributed by atoms with Gasteiger partial charge in [0.15, 0.2) is 0 Å². The summed E-state index contributed by atoms with van der Waals surface area (Å²) in [5.74, 6) is 2.36. The Bertz CT molecular complexity index is 781. The van der Waals surface area contributed by atoms with E-state index >= 15 is 0 Å². The summed E-state index contributed by atoms with van der Waals surface area (Å²) in [5.41, 5.74) is 1.71. The zero-order chi connectivity index (χ0) is 19.0. The molecule has 0 bridgehead atoms. The lowest BCUT2D eigenvalue weighted by Gasteiger charge is -2.33. The first-order chi connectivity index (χ1) is 13.0. The Kier molecular flexibility index (Phi) is 4.90. The van der Waals surface area contributed by atoms with Crippen LogP contribution < -0.4 is 5.32 Å². The second-order valence-electron chi connectivity index (χ2n) is 7.73. The third kappa shape index (κ3) is 4.16. The van der Waals surface area contributed by atoms with Crippen molar-refractivity contribution in [2.75, 3.05) is 31.5 Å². The minimum absolute atomic E-state index is 0.0592. The van der Waals surface area contributed by atoms with Gasteiger partial charge in [0.05, 0.1) is 30.2 Å². The van der Waals surface area contributed by atoms with E-state index in [1.54, 1.807) is 6.20 Å². The summed E-state index contributed by atoms with van der Waals surface area (Å²) < 4.78 is 7.62. The van der Waals surface area contributed by atoms with Crippen molar-refractivity contribution in [2.45, 2.75) is 46.2 Å². The molecule has 4 rings (SSSR count). The molecule has 2 amide bonds. The molecule has 1 N–H and O–H groups in total. The number of carbonyl (C=O) groups excluding carboxylic acids is 1. The average molecular weight is 372 g/mol. The van der Waals surface area contributed by atoms with Crippen molar-refractivity contribution in [3.8, 4) is 0 Å². The number of amides is 2. The Labute approximate surface area is 159 Å². The smallest absolute Gasteiger partial charge is 0.322 e. The molecule has 8 nitrogen and oxygen atoms in total. The van der Waals surface area contributed by atoms with E-state index in [-0.39, 0.29) is 6.03 Å². The van der Waals surface area contributed by atoms with Gasteiger partial charge in [-0.2, -0.15) is 5.10 Å². The van der Waals surface area contributed by atoms with Crippen LogP contribution in [0.4, 0.5) is 10.5 Å². The summed E-state index contributed by atoms with van der Waals surface area (Å²) in [6.07, 6.45) is 6.23. The molecular formula is C19H28N6O2. The molecule has 1 saturated heterocycles. The molecule has 1 unspecified atom stereocenters. The van der Waals surface area contributed by atoms with Crippen LogP contribution in [0, 0.1) is 19.8 Å². The normalized spacial score (nSPS) is 19.3. The van der Waals surface area contributed by atoms with Crippen LogP contribution in [0.15, 0.2) is 16.8 Å².